The van der Waals surface area contributed by atoms with E-state index in [9.17, 15) is 15.8 Å². The summed E-state index contributed by atoms with van der Waals surface area (Å²) in [7, 11) is 0. The second kappa shape index (κ2) is 3.95. The summed E-state index contributed by atoms with van der Waals surface area (Å²) in [5, 5.41) is 37.1. The molecule has 2 saturated heterocycles. The number of nitriles is 3. The Morgan fingerprint density at radius 3 is 2.10 bits per heavy atom. The number of nitrogens with zero attached hydrogens (tertiary/aromatic N) is 3. The van der Waals surface area contributed by atoms with E-state index in [1.165, 1.54) is 0 Å². The van der Waals surface area contributed by atoms with Crippen LogP contribution in [0.2, 0.25) is 0 Å². The smallest absolute Gasteiger partial charge is 0.209 e. The van der Waals surface area contributed by atoms with E-state index in [1.807, 2.05) is 26.0 Å². The Morgan fingerprint density at radius 2 is 1.70 bits per heavy atom. The van der Waals surface area contributed by atoms with Gasteiger partial charge in [0.1, 0.15) is 0 Å². The van der Waals surface area contributed by atoms with E-state index in [2.05, 4.69) is 6.07 Å². The fraction of sp³-hybridized carbons (Fsp3) is 0.714. The summed E-state index contributed by atoms with van der Waals surface area (Å²) in [6.07, 6.45) is -1.57. The number of hydrogen-bond acceptors (Lipinski definition) is 6. The quantitative estimate of drug-likeness (QED) is 0.783. The van der Waals surface area contributed by atoms with E-state index >= 15 is 0 Å². The van der Waals surface area contributed by atoms with Crippen LogP contribution in [0.4, 0.5) is 0 Å². The molecule has 0 spiro atoms. The van der Waals surface area contributed by atoms with Crippen LogP contribution < -0.4 is 0 Å². The fourth-order valence-electron chi connectivity index (χ4n) is 3.41. The van der Waals surface area contributed by atoms with Gasteiger partial charge in [-0.25, -0.2) is 0 Å². The summed E-state index contributed by atoms with van der Waals surface area (Å²) in [5.74, 6) is -0.503. The maximum Gasteiger partial charge on any atom is 0.209 e. The van der Waals surface area contributed by atoms with Crippen LogP contribution >= 0.6 is 0 Å². The minimum absolute atomic E-state index is 0.157. The zero-order chi connectivity index (χ0) is 15.3. The third-order valence-corrected chi connectivity index (χ3v) is 4.54. The molecule has 3 atom stereocenters. The molecule has 1 N–H and O–H groups in total. The van der Waals surface area contributed by atoms with Crippen LogP contribution in [0.3, 0.4) is 0 Å². The first-order valence-corrected chi connectivity index (χ1v) is 6.40. The third-order valence-electron chi connectivity index (χ3n) is 4.54. The van der Waals surface area contributed by atoms with Crippen LogP contribution in [0.25, 0.3) is 0 Å². The molecule has 0 aromatic heterocycles. The van der Waals surface area contributed by atoms with Gasteiger partial charge in [0.2, 0.25) is 12.2 Å². The van der Waals surface area contributed by atoms with Gasteiger partial charge in [-0.3, -0.25) is 5.41 Å². The monoisotopic (exact) mass is 272 g/mol. The van der Waals surface area contributed by atoms with Gasteiger partial charge in [0.25, 0.3) is 0 Å². The van der Waals surface area contributed by atoms with Gasteiger partial charge in [0, 0.05) is 0 Å². The first kappa shape index (κ1) is 14.3. The molecule has 6 nitrogen and oxygen atoms in total. The van der Waals surface area contributed by atoms with Crippen molar-refractivity contribution in [3.05, 3.63) is 0 Å². The van der Waals surface area contributed by atoms with Crippen molar-refractivity contribution in [3.63, 3.8) is 0 Å². The molecule has 104 valence electrons. The van der Waals surface area contributed by atoms with E-state index in [4.69, 9.17) is 14.9 Å². The van der Waals surface area contributed by atoms with Gasteiger partial charge in [-0.2, -0.15) is 15.8 Å². The molecule has 0 unspecified atom stereocenters. The molecule has 0 aromatic carbocycles. The zero-order valence-corrected chi connectivity index (χ0v) is 11.9. The van der Waals surface area contributed by atoms with Crippen LogP contribution in [-0.4, -0.2) is 18.3 Å². The summed E-state index contributed by atoms with van der Waals surface area (Å²) in [6.45, 7) is 7.03. The lowest BCUT2D eigenvalue weighted by molar-refractivity contribution is -0.241. The predicted octanol–water partition coefficient (Wildman–Crippen LogP) is 1.94. The second-order valence-corrected chi connectivity index (χ2v) is 6.19. The van der Waals surface area contributed by atoms with Crippen molar-refractivity contribution < 1.29 is 9.47 Å². The molecule has 0 amide bonds. The highest BCUT2D eigenvalue weighted by Gasteiger charge is 2.79. The molecule has 2 aliphatic heterocycles. The second-order valence-electron chi connectivity index (χ2n) is 6.19. The van der Waals surface area contributed by atoms with Crippen molar-refractivity contribution >= 4 is 5.90 Å². The van der Waals surface area contributed by atoms with Gasteiger partial charge in [-0.05, 0) is 5.92 Å². The summed E-state index contributed by atoms with van der Waals surface area (Å²) in [5.41, 5.74) is -4.33. The maximum absolute atomic E-state index is 9.74. The maximum atomic E-state index is 9.74. The molecule has 0 radical (unpaired) electrons. The van der Waals surface area contributed by atoms with Crippen molar-refractivity contribution in [2.24, 2.45) is 22.2 Å². The van der Waals surface area contributed by atoms with E-state index in [1.54, 1.807) is 13.8 Å². The van der Waals surface area contributed by atoms with Crippen LogP contribution in [0, 0.1) is 61.6 Å². The molecule has 0 aliphatic carbocycles. The van der Waals surface area contributed by atoms with Crippen molar-refractivity contribution in [3.8, 4) is 18.2 Å². The first-order chi connectivity index (χ1) is 9.25. The summed E-state index contributed by atoms with van der Waals surface area (Å²) >= 11 is 0. The van der Waals surface area contributed by atoms with Gasteiger partial charge in [0.05, 0.1) is 29.7 Å². The van der Waals surface area contributed by atoms with Gasteiger partial charge >= 0.3 is 0 Å². The number of nitrogens with one attached hydrogen (secondary N) is 1. The number of ether oxygens (including phenoxy) is 2. The van der Waals surface area contributed by atoms with Crippen LogP contribution in [0.1, 0.15) is 27.7 Å². The van der Waals surface area contributed by atoms with Crippen molar-refractivity contribution in [1.82, 2.24) is 0 Å². The Hall–Kier alpha value is -2.10. The van der Waals surface area contributed by atoms with Gasteiger partial charge in [-0.15, -0.1) is 0 Å². The SMILES string of the molecule is CC(C)[C@@H]1O[C@@H]2OC(=N)[C@@](C#N)(C2(C)C)C1(C#N)C#N. The Balaban J connectivity index is 2.84. The molecule has 20 heavy (non-hydrogen) atoms. The molecular weight excluding hydrogens is 256 g/mol. The van der Waals surface area contributed by atoms with E-state index in [0.717, 1.165) is 0 Å². The first-order valence-electron chi connectivity index (χ1n) is 6.40. The number of fused-ring (bicyclic) bond motifs is 2. The minimum atomic E-state index is -1.76. The van der Waals surface area contributed by atoms with Gasteiger partial charge < -0.3 is 9.47 Å². The lowest BCUT2D eigenvalue weighted by Gasteiger charge is -2.50. The zero-order valence-electron chi connectivity index (χ0n) is 11.9. The average molecular weight is 272 g/mol. The highest BCUT2D eigenvalue weighted by Crippen LogP contribution is 2.65. The predicted molar refractivity (Wildman–Crippen MR) is 67.8 cm³/mol. The highest BCUT2D eigenvalue weighted by molar-refractivity contribution is 5.89. The molecule has 2 rings (SSSR count). The minimum Gasteiger partial charge on any atom is -0.450 e. The Bertz CT molecular complexity index is 576. The highest BCUT2D eigenvalue weighted by atomic mass is 16.7. The van der Waals surface area contributed by atoms with Crippen molar-refractivity contribution in [2.45, 2.75) is 40.1 Å². The lowest BCUT2D eigenvalue weighted by atomic mass is 9.49. The number of rotatable bonds is 1. The Labute approximate surface area is 118 Å². The van der Waals surface area contributed by atoms with Crippen LogP contribution in [0.15, 0.2) is 0 Å². The molecule has 0 aromatic rings. The fourth-order valence-corrected chi connectivity index (χ4v) is 3.41. The Morgan fingerprint density at radius 1 is 1.15 bits per heavy atom. The standard InChI is InChI=1S/C14H16N4O2/c1-8(2)9-13(5-15,6-16)14(7-17)10(18)20-11(19-9)12(14,3)4/h8-9,11,18H,1-4H3/t9-,11+,14-/m0/s1. The largest absolute Gasteiger partial charge is 0.450 e. The Kier molecular flexibility index (Phi) is 2.82. The van der Waals surface area contributed by atoms with E-state index in [0.29, 0.717) is 0 Å². The van der Waals surface area contributed by atoms with Gasteiger partial charge in [-0.1, -0.05) is 27.7 Å². The van der Waals surface area contributed by atoms with Crippen LogP contribution in [0.5, 0.6) is 0 Å². The molecular formula is C14H16N4O2. The van der Waals surface area contributed by atoms with Crippen molar-refractivity contribution in [2.75, 3.05) is 0 Å². The van der Waals surface area contributed by atoms with E-state index < -0.39 is 28.6 Å². The molecule has 2 heterocycles. The van der Waals surface area contributed by atoms with E-state index in [-0.39, 0.29) is 11.8 Å². The summed E-state index contributed by atoms with van der Waals surface area (Å²) < 4.78 is 11.2. The molecule has 0 saturated carbocycles. The molecule has 6 heteroatoms. The summed E-state index contributed by atoms with van der Waals surface area (Å²) in [6, 6.07) is 6.00. The molecule has 2 fully saturated rings. The lowest BCUT2D eigenvalue weighted by Crippen LogP contribution is -2.63. The normalized spacial score (nSPS) is 36.6. The van der Waals surface area contributed by atoms with Crippen LogP contribution in [-0.2, 0) is 9.47 Å². The number of hydrogen-bond donors (Lipinski definition) is 1. The van der Waals surface area contributed by atoms with Gasteiger partial charge in [0.15, 0.2) is 10.8 Å². The van der Waals surface area contributed by atoms with Crippen molar-refractivity contribution in [1.29, 1.82) is 21.2 Å². The average Bonchev–Trinajstić information content (AvgIpc) is 2.52. The third kappa shape index (κ3) is 1.17. The molecule has 2 aliphatic rings. The summed E-state index contributed by atoms with van der Waals surface area (Å²) in [4.78, 5) is 0. The topological polar surface area (TPSA) is 114 Å². The molecule has 2 bridgehead atoms.